The van der Waals surface area contributed by atoms with Crippen molar-refractivity contribution >= 4 is 0 Å². The molecule has 3 heteroatoms. The lowest BCUT2D eigenvalue weighted by Gasteiger charge is -2.63. The zero-order valence-electron chi connectivity index (χ0n) is 10.4. The van der Waals surface area contributed by atoms with Gasteiger partial charge in [0.05, 0.1) is 6.10 Å². The second kappa shape index (κ2) is 3.44. The van der Waals surface area contributed by atoms with Crippen molar-refractivity contribution in [3.05, 3.63) is 0 Å². The summed E-state index contributed by atoms with van der Waals surface area (Å²) in [6.45, 7) is 9.63. The Bertz CT molecular complexity index is 254. The molecule has 88 valence electrons. The van der Waals surface area contributed by atoms with Crippen molar-refractivity contribution in [2.24, 2.45) is 17.1 Å². The largest absolute Gasteiger partial charge is 0.377 e. The Morgan fingerprint density at radius 1 is 1.47 bits per heavy atom. The van der Waals surface area contributed by atoms with E-state index >= 15 is 0 Å². The predicted molar refractivity (Wildman–Crippen MR) is 61.7 cm³/mol. The summed E-state index contributed by atoms with van der Waals surface area (Å²) in [6, 6.07) is 0. The molecule has 2 fully saturated rings. The van der Waals surface area contributed by atoms with Gasteiger partial charge < -0.3 is 15.4 Å². The number of fused-ring (bicyclic) bond motifs is 1. The average Bonchev–Trinajstić information content (AvgIpc) is 2.64. The molecule has 2 rings (SSSR count). The summed E-state index contributed by atoms with van der Waals surface area (Å²) < 4.78 is 5.78. The first-order chi connectivity index (χ1) is 6.93. The van der Waals surface area contributed by atoms with Crippen molar-refractivity contribution in [3.63, 3.8) is 0 Å². The first-order valence-corrected chi connectivity index (χ1v) is 6.02. The Hall–Kier alpha value is -0.120. The SMILES string of the molecule is CCN(C)CC1(N)C2CCOC2C1(C)C. The maximum Gasteiger partial charge on any atom is 0.0691 e. The van der Waals surface area contributed by atoms with E-state index in [-0.39, 0.29) is 11.0 Å². The minimum Gasteiger partial charge on any atom is -0.377 e. The lowest BCUT2D eigenvalue weighted by atomic mass is 9.48. The third-order valence-electron chi connectivity index (χ3n) is 4.74. The monoisotopic (exact) mass is 212 g/mol. The van der Waals surface area contributed by atoms with Gasteiger partial charge in [0.15, 0.2) is 0 Å². The first-order valence-electron chi connectivity index (χ1n) is 6.02. The summed E-state index contributed by atoms with van der Waals surface area (Å²) in [5, 5.41) is 0. The van der Waals surface area contributed by atoms with Gasteiger partial charge in [-0.3, -0.25) is 0 Å². The normalized spacial score (nSPS) is 42.8. The van der Waals surface area contributed by atoms with Crippen LogP contribution in [0.1, 0.15) is 27.2 Å². The highest BCUT2D eigenvalue weighted by Gasteiger charge is 2.67. The zero-order chi connectivity index (χ0) is 11.3. The quantitative estimate of drug-likeness (QED) is 0.761. The van der Waals surface area contributed by atoms with Crippen LogP contribution < -0.4 is 5.73 Å². The van der Waals surface area contributed by atoms with Gasteiger partial charge in [0, 0.05) is 30.0 Å². The maximum atomic E-state index is 6.62. The molecular weight excluding hydrogens is 188 g/mol. The number of nitrogens with zero attached hydrogens (tertiary/aromatic N) is 1. The molecule has 2 N–H and O–H groups in total. The summed E-state index contributed by atoms with van der Waals surface area (Å²) in [5.74, 6) is 0.571. The smallest absolute Gasteiger partial charge is 0.0691 e. The molecule has 2 aliphatic rings. The van der Waals surface area contributed by atoms with Crippen LogP contribution in [0, 0.1) is 11.3 Å². The van der Waals surface area contributed by atoms with Crippen molar-refractivity contribution in [2.45, 2.75) is 38.8 Å². The van der Waals surface area contributed by atoms with Gasteiger partial charge >= 0.3 is 0 Å². The Morgan fingerprint density at radius 2 is 2.13 bits per heavy atom. The molecule has 15 heavy (non-hydrogen) atoms. The fraction of sp³-hybridized carbons (Fsp3) is 1.00. The molecule has 0 amide bonds. The summed E-state index contributed by atoms with van der Waals surface area (Å²) in [7, 11) is 2.15. The number of rotatable bonds is 3. The Balaban J connectivity index is 2.13. The van der Waals surface area contributed by atoms with E-state index in [4.69, 9.17) is 10.5 Å². The number of ether oxygens (including phenoxy) is 1. The van der Waals surface area contributed by atoms with Gasteiger partial charge in [-0.15, -0.1) is 0 Å². The molecule has 0 spiro atoms. The summed E-state index contributed by atoms with van der Waals surface area (Å²) in [5.41, 5.74) is 6.69. The molecular formula is C12H24N2O. The fourth-order valence-corrected chi connectivity index (χ4v) is 3.35. The van der Waals surface area contributed by atoms with E-state index in [1.165, 1.54) is 0 Å². The van der Waals surface area contributed by atoms with Crippen molar-refractivity contribution in [1.29, 1.82) is 0 Å². The molecule has 0 aromatic carbocycles. The lowest BCUT2D eigenvalue weighted by molar-refractivity contribution is -0.161. The first kappa shape index (κ1) is 11.4. The molecule has 0 aromatic rings. The van der Waals surface area contributed by atoms with E-state index in [2.05, 4.69) is 32.7 Å². The van der Waals surface area contributed by atoms with Crippen LogP contribution in [0.5, 0.6) is 0 Å². The number of hydrogen-bond donors (Lipinski definition) is 1. The summed E-state index contributed by atoms with van der Waals surface area (Å²) in [4.78, 5) is 2.32. The van der Waals surface area contributed by atoms with Crippen molar-refractivity contribution in [3.8, 4) is 0 Å². The van der Waals surface area contributed by atoms with Gasteiger partial charge in [-0.1, -0.05) is 20.8 Å². The topological polar surface area (TPSA) is 38.5 Å². The van der Waals surface area contributed by atoms with Crippen LogP contribution in [0.2, 0.25) is 0 Å². The van der Waals surface area contributed by atoms with E-state index < -0.39 is 0 Å². The minimum absolute atomic E-state index is 0.0566. The molecule has 3 atom stereocenters. The Morgan fingerprint density at radius 3 is 2.73 bits per heavy atom. The highest BCUT2D eigenvalue weighted by molar-refractivity contribution is 5.21. The standard InChI is InChI=1S/C12H24N2O/c1-5-14(4)8-12(13)9-6-7-15-10(9)11(12,2)3/h9-10H,5-8,13H2,1-4H3. The molecule has 3 nitrogen and oxygen atoms in total. The van der Waals surface area contributed by atoms with Crippen LogP contribution >= 0.6 is 0 Å². The molecule has 1 saturated heterocycles. The van der Waals surface area contributed by atoms with Crippen molar-refractivity contribution in [2.75, 3.05) is 26.7 Å². The van der Waals surface area contributed by atoms with Crippen molar-refractivity contribution in [1.82, 2.24) is 4.90 Å². The van der Waals surface area contributed by atoms with Crippen LogP contribution in [0.15, 0.2) is 0 Å². The third kappa shape index (κ3) is 1.37. The second-order valence-electron chi connectivity index (χ2n) is 5.78. The highest BCUT2D eigenvalue weighted by atomic mass is 16.5. The van der Waals surface area contributed by atoms with Crippen LogP contribution in [0.3, 0.4) is 0 Å². The molecule has 1 saturated carbocycles. The van der Waals surface area contributed by atoms with E-state index in [1.807, 2.05) is 0 Å². The Kier molecular flexibility index (Phi) is 2.61. The molecule has 0 aromatic heterocycles. The molecule has 1 heterocycles. The van der Waals surface area contributed by atoms with Crippen LogP contribution in [-0.2, 0) is 4.74 Å². The summed E-state index contributed by atoms with van der Waals surface area (Å²) >= 11 is 0. The summed E-state index contributed by atoms with van der Waals surface area (Å²) in [6.07, 6.45) is 1.54. The van der Waals surface area contributed by atoms with Gasteiger partial charge in [0.1, 0.15) is 0 Å². The van der Waals surface area contributed by atoms with E-state index in [0.717, 1.165) is 26.1 Å². The number of nitrogens with two attached hydrogens (primary N) is 1. The molecule has 1 aliphatic carbocycles. The second-order valence-corrected chi connectivity index (χ2v) is 5.78. The molecule has 0 bridgehead atoms. The van der Waals surface area contributed by atoms with Gasteiger partial charge in [0.25, 0.3) is 0 Å². The fourth-order valence-electron chi connectivity index (χ4n) is 3.35. The molecule has 3 unspecified atom stereocenters. The van der Waals surface area contributed by atoms with Gasteiger partial charge in [-0.25, -0.2) is 0 Å². The van der Waals surface area contributed by atoms with Gasteiger partial charge in [-0.05, 0) is 20.0 Å². The van der Waals surface area contributed by atoms with Gasteiger partial charge in [-0.2, -0.15) is 0 Å². The van der Waals surface area contributed by atoms with E-state index in [0.29, 0.717) is 12.0 Å². The minimum atomic E-state index is -0.0566. The average molecular weight is 212 g/mol. The highest BCUT2D eigenvalue weighted by Crippen LogP contribution is 2.58. The van der Waals surface area contributed by atoms with Crippen LogP contribution in [0.25, 0.3) is 0 Å². The lowest BCUT2D eigenvalue weighted by Crippen LogP contribution is -2.77. The zero-order valence-corrected chi connectivity index (χ0v) is 10.4. The number of likely N-dealkylation sites (N-methyl/N-ethyl adjacent to an activating group) is 1. The van der Waals surface area contributed by atoms with Crippen molar-refractivity contribution < 1.29 is 4.74 Å². The van der Waals surface area contributed by atoms with E-state index in [9.17, 15) is 0 Å². The maximum absolute atomic E-state index is 6.62. The number of hydrogen-bond acceptors (Lipinski definition) is 3. The Labute approximate surface area is 93.0 Å². The third-order valence-corrected chi connectivity index (χ3v) is 4.74. The molecule has 0 radical (unpaired) electrons. The van der Waals surface area contributed by atoms with Gasteiger partial charge in [0.2, 0.25) is 0 Å². The predicted octanol–water partition coefficient (Wildman–Crippen LogP) is 1.08. The van der Waals surface area contributed by atoms with E-state index in [1.54, 1.807) is 0 Å². The molecule has 1 aliphatic heterocycles. The van der Waals surface area contributed by atoms with Crippen LogP contribution in [0.4, 0.5) is 0 Å². The van der Waals surface area contributed by atoms with Crippen LogP contribution in [-0.4, -0.2) is 43.3 Å².